The highest BCUT2D eigenvalue weighted by molar-refractivity contribution is 7.99. The number of hydrogen-bond acceptors (Lipinski definition) is 1. The van der Waals surface area contributed by atoms with Gasteiger partial charge in [-0.1, -0.05) is 13.8 Å². The predicted octanol–water partition coefficient (Wildman–Crippen LogP) is 5.03. The third-order valence-electron chi connectivity index (χ3n) is 2.47. The molecule has 0 bridgehead atoms. The van der Waals surface area contributed by atoms with Crippen molar-refractivity contribution in [1.82, 2.24) is 0 Å². The van der Waals surface area contributed by atoms with Crippen LogP contribution in [-0.4, -0.2) is 23.3 Å². The summed E-state index contributed by atoms with van der Waals surface area (Å²) in [5.74, 6) is 5.80. The zero-order chi connectivity index (χ0) is 11.5. The molecule has 0 radical (unpaired) electrons. The summed E-state index contributed by atoms with van der Waals surface area (Å²) in [5, 5.41) is 0. The van der Waals surface area contributed by atoms with Crippen LogP contribution in [0.15, 0.2) is 0 Å². The predicted molar refractivity (Wildman–Crippen MR) is 75.6 cm³/mol. The van der Waals surface area contributed by atoms with Crippen molar-refractivity contribution in [3.05, 3.63) is 0 Å². The minimum Gasteiger partial charge on any atom is -0.161 e. The second-order valence-corrected chi connectivity index (χ2v) is 6.24. The minimum atomic E-state index is 0.807. The molecule has 92 valence electrons. The molecule has 0 aliphatic carbocycles. The molecule has 0 saturated carbocycles. The molecule has 0 rings (SSSR count). The number of thioether (sulfide) groups is 1. The first kappa shape index (κ1) is 15.9. The summed E-state index contributed by atoms with van der Waals surface area (Å²) in [6.07, 6.45) is 4.86. The molecule has 0 saturated heterocycles. The van der Waals surface area contributed by atoms with Gasteiger partial charge in [-0.3, -0.25) is 0 Å². The number of hydrogen-bond donors (Lipinski definition) is 0. The second-order valence-electron chi connectivity index (χ2n) is 4.41. The smallest absolute Gasteiger partial charge is 0.0223 e. The van der Waals surface area contributed by atoms with Crippen LogP contribution in [-0.2, 0) is 0 Å². The van der Waals surface area contributed by atoms with Gasteiger partial charge in [-0.05, 0) is 49.0 Å². The van der Waals surface area contributed by atoms with E-state index >= 15 is 0 Å². The summed E-state index contributed by atoms with van der Waals surface area (Å²) >= 11 is 13.4. The zero-order valence-electron chi connectivity index (χ0n) is 9.98. The van der Waals surface area contributed by atoms with Gasteiger partial charge in [0.15, 0.2) is 0 Å². The van der Waals surface area contributed by atoms with E-state index in [1.165, 1.54) is 24.3 Å². The molecule has 0 nitrogen and oxygen atoms in total. The Kier molecular flexibility index (Phi) is 12.1. The third-order valence-corrected chi connectivity index (χ3v) is 4.61. The Morgan fingerprint density at radius 2 is 1.27 bits per heavy atom. The van der Waals surface area contributed by atoms with E-state index in [-0.39, 0.29) is 0 Å². The van der Waals surface area contributed by atoms with Crippen LogP contribution in [0.25, 0.3) is 0 Å². The maximum Gasteiger partial charge on any atom is 0.0223 e. The van der Waals surface area contributed by atoms with E-state index in [1.807, 2.05) is 0 Å². The minimum absolute atomic E-state index is 0.807. The van der Waals surface area contributed by atoms with E-state index in [1.54, 1.807) is 0 Å². The van der Waals surface area contributed by atoms with Gasteiger partial charge >= 0.3 is 0 Å². The molecule has 0 heterocycles. The molecule has 2 unspecified atom stereocenters. The first-order valence-corrected chi connectivity index (χ1v) is 8.12. The van der Waals surface area contributed by atoms with E-state index in [2.05, 4.69) is 25.6 Å². The molecule has 3 heteroatoms. The average molecular weight is 271 g/mol. The largest absolute Gasteiger partial charge is 0.161 e. The van der Waals surface area contributed by atoms with Gasteiger partial charge in [0.05, 0.1) is 0 Å². The molecular formula is C12H24Cl2S. The van der Waals surface area contributed by atoms with Crippen LogP contribution in [0.5, 0.6) is 0 Å². The van der Waals surface area contributed by atoms with E-state index in [0.717, 1.165) is 36.4 Å². The van der Waals surface area contributed by atoms with Gasteiger partial charge in [-0.15, -0.1) is 23.2 Å². The highest BCUT2D eigenvalue weighted by atomic mass is 35.5. The molecule has 0 aromatic carbocycles. The zero-order valence-corrected chi connectivity index (χ0v) is 12.3. The quantitative estimate of drug-likeness (QED) is 0.502. The molecule has 15 heavy (non-hydrogen) atoms. The molecule has 2 atom stereocenters. The molecule has 0 aromatic rings. The maximum atomic E-state index is 5.67. The molecule has 0 fully saturated rings. The van der Waals surface area contributed by atoms with Crippen molar-refractivity contribution in [1.29, 1.82) is 0 Å². The van der Waals surface area contributed by atoms with Crippen molar-refractivity contribution < 1.29 is 0 Å². The normalized spacial score (nSPS) is 15.2. The highest BCUT2D eigenvalue weighted by Crippen LogP contribution is 2.18. The summed E-state index contributed by atoms with van der Waals surface area (Å²) in [6.45, 7) is 4.64. The maximum absolute atomic E-state index is 5.67. The molecule has 0 amide bonds. The Labute approximate surface area is 109 Å². The highest BCUT2D eigenvalue weighted by Gasteiger charge is 2.05. The summed E-state index contributed by atoms with van der Waals surface area (Å²) in [6, 6.07) is 0. The average Bonchev–Trinajstić information content (AvgIpc) is 2.23. The number of halogens is 2. The fourth-order valence-electron chi connectivity index (χ4n) is 1.49. The first-order chi connectivity index (χ1) is 7.20. The van der Waals surface area contributed by atoms with Crippen molar-refractivity contribution in [2.75, 3.05) is 23.3 Å². The monoisotopic (exact) mass is 270 g/mol. The van der Waals surface area contributed by atoms with Crippen LogP contribution >= 0.6 is 35.0 Å². The molecule has 0 aliphatic rings. The van der Waals surface area contributed by atoms with Gasteiger partial charge in [0.1, 0.15) is 0 Å². The van der Waals surface area contributed by atoms with Crippen molar-refractivity contribution in [2.24, 2.45) is 11.8 Å². The Bertz CT molecular complexity index is 117. The van der Waals surface area contributed by atoms with E-state index < -0.39 is 0 Å². The fraction of sp³-hybridized carbons (Fsp3) is 1.00. The molecule has 0 aromatic heterocycles. The summed E-state index contributed by atoms with van der Waals surface area (Å²) in [7, 11) is 0. The van der Waals surface area contributed by atoms with Crippen molar-refractivity contribution in [2.45, 2.75) is 39.5 Å². The van der Waals surface area contributed by atoms with Crippen LogP contribution in [0.3, 0.4) is 0 Å². The third kappa shape index (κ3) is 11.2. The molecule has 0 aliphatic heterocycles. The van der Waals surface area contributed by atoms with Crippen LogP contribution < -0.4 is 0 Å². The Hall–Kier alpha value is 0.930. The summed E-state index contributed by atoms with van der Waals surface area (Å²) in [5.41, 5.74) is 0. The van der Waals surface area contributed by atoms with Crippen LogP contribution in [0.4, 0.5) is 0 Å². The lowest BCUT2D eigenvalue weighted by Gasteiger charge is -2.13. The van der Waals surface area contributed by atoms with Gasteiger partial charge in [0, 0.05) is 11.8 Å². The summed E-state index contributed by atoms with van der Waals surface area (Å²) in [4.78, 5) is 0. The lowest BCUT2D eigenvalue weighted by Crippen LogP contribution is -2.04. The van der Waals surface area contributed by atoms with Crippen molar-refractivity contribution in [3.8, 4) is 0 Å². The van der Waals surface area contributed by atoms with E-state index in [9.17, 15) is 0 Å². The Balaban J connectivity index is 3.27. The molecule has 0 spiro atoms. The van der Waals surface area contributed by atoms with Gasteiger partial charge in [-0.25, -0.2) is 0 Å². The molecular weight excluding hydrogens is 247 g/mol. The van der Waals surface area contributed by atoms with Crippen LogP contribution in [0.2, 0.25) is 0 Å². The van der Waals surface area contributed by atoms with E-state index in [4.69, 9.17) is 23.2 Å². The van der Waals surface area contributed by atoms with Gasteiger partial charge < -0.3 is 0 Å². The lowest BCUT2D eigenvalue weighted by atomic mass is 10.1. The van der Waals surface area contributed by atoms with Crippen LogP contribution in [0, 0.1) is 11.8 Å². The second kappa shape index (κ2) is 11.4. The number of alkyl halides is 2. The van der Waals surface area contributed by atoms with Crippen molar-refractivity contribution >= 4 is 35.0 Å². The fourth-order valence-corrected chi connectivity index (χ4v) is 3.07. The first-order valence-electron chi connectivity index (χ1n) is 5.90. The lowest BCUT2D eigenvalue weighted by molar-refractivity contribution is 0.574. The topological polar surface area (TPSA) is 0 Å². The van der Waals surface area contributed by atoms with Gasteiger partial charge in [-0.2, -0.15) is 11.8 Å². The van der Waals surface area contributed by atoms with Gasteiger partial charge in [0.25, 0.3) is 0 Å². The Morgan fingerprint density at radius 3 is 1.60 bits per heavy atom. The standard InChI is InChI=1S/C12H24Cl2S/c1-11(5-3-7-13)9-15-10-12(2)6-4-8-14/h11-12H,3-10H2,1-2H3. The Morgan fingerprint density at radius 1 is 0.867 bits per heavy atom. The SMILES string of the molecule is CC(CCCCl)CSCC(C)CCCCl. The number of rotatable bonds is 10. The van der Waals surface area contributed by atoms with Crippen LogP contribution in [0.1, 0.15) is 39.5 Å². The van der Waals surface area contributed by atoms with Gasteiger partial charge in [0.2, 0.25) is 0 Å². The van der Waals surface area contributed by atoms with E-state index in [0.29, 0.717) is 0 Å². The van der Waals surface area contributed by atoms with Crippen molar-refractivity contribution in [3.63, 3.8) is 0 Å². The molecule has 0 N–H and O–H groups in total. The summed E-state index contributed by atoms with van der Waals surface area (Å²) < 4.78 is 0.